The van der Waals surface area contributed by atoms with Gasteiger partial charge in [-0.05, 0) is 52.9 Å². The van der Waals surface area contributed by atoms with Crippen molar-refractivity contribution in [2.75, 3.05) is 13.7 Å². The number of ether oxygens (including phenoxy) is 2. The first kappa shape index (κ1) is 27.1. The standard InChI is InChI=1S/C27H27NO2S.C2H6.H2O.H2/c1-4-20-15-22(31-27(20)5-2)11-12-24-23-17-25(29-3)26(16-21(23)13-14-28-24)30-18-19-9-7-6-8-10-19;1-2;;/h4-12,15-17,24,28H,1-2,13-14,18H2,3H3;1-2H3;1H2;1H/b12-11+;;;. The van der Waals surface area contributed by atoms with Crippen LogP contribution in [0.25, 0.3) is 18.2 Å². The number of thiophene rings is 1. The van der Waals surface area contributed by atoms with E-state index in [2.05, 4.69) is 61.0 Å². The average Bonchev–Trinajstić information content (AvgIpc) is 3.29. The Bertz CT molecular complexity index is 1080. The first-order chi connectivity index (χ1) is 16.2. The Kier molecular flexibility index (Phi) is 10.8. The Balaban J connectivity index is 0.00000149. The van der Waals surface area contributed by atoms with Gasteiger partial charge >= 0.3 is 0 Å². The molecule has 2 aromatic carbocycles. The van der Waals surface area contributed by atoms with E-state index in [-0.39, 0.29) is 12.9 Å². The van der Waals surface area contributed by atoms with Crippen LogP contribution in [-0.4, -0.2) is 19.1 Å². The average molecular weight is 480 g/mol. The van der Waals surface area contributed by atoms with Gasteiger partial charge < -0.3 is 20.3 Å². The molecule has 0 amide bonds. The Morgan fingerprint density at radius 2 is 1.85 bits per heavy atom. The van der Waals surface area contributed by atoms with Gasteiger partial charge in [0, 0.05) is 17.7 Å². The number of benzene rings is 2. The summed E-state index contributed by atoms with van der Waals surface area (Å²) in [5.41, 5.74) is 4.79. The van der Waals surface area contributed by atoms with Crippen LogP contribution in [0.15, 0.2) is 67.8 Å². The largest absolute Gasteiger partial charge is 0.493 e. The summed E-state index contributed by atoms with van der Waals surface area (Å²) >= 11 is 1.72. The summed E-state index contributed by atoms with van der Waals surface area (Å²) in [5.74, 6) is 1.55. The van der Waals surface area contributed by atoms with Gasteiger partial charge in [0.2, 0.25) is 0 Å². The molecule has 182 valence electrons. The maximum Gasteiger partial charge on any atom is 0.161 e. The van der Waals surface area contributed by atoms with Crippen LogP contribution in [0.2, 0.25) is 0 Å². The Morgan fingerprint density at radius 1 is 1.09 bits per heavy atom. The van der Waals surface area contributed by atoms with Gasteiger partial charge in [0.1, 0.15) is 6.61 Å². The van der Waals surface area contributed by atoms with Gasteiger partial charge in [0.05, 0.1) is 13.2 Å². The van der Waals surface area contributed by atoms with Gasteiger partial charge in [-0.25, -0.2) is 0 Å². The van der Waals surface area contributed by atoms with E-state index in [1.54, 1.807) is 18.4 Å². The van der Waals surface area contributed by atoms with E-state index in [4.69, 9.17) is 9.47 Å². The van der Waals surface area contributed by atoms with Crippen LogP contribution in [0.5, 0.6) is 11.5 Å². The highest BCUT2D eigenvalue weighted by Gasteiger charge is 2.21. The molecular weight excluding hydrogens is 442 g/mol. The number of methoxy groups -OCH3 is 1. The maximum atomic E-state index is 6.10. The van der Waals surface area contributed by atoms with Crippen LogP contribution in [-0.2, 0) is 13.0 Å². The summed E-state index contributed by atoms with van der Waals surface area (Å²) in [6.07, 6.45) is 9.11. The molecule has 2 heterocycles. The van der Waals surface area contributed by atoms with Gasteiger partial charge in [-0.1, -0.05) is 75.6 Å². The molecule has 0 saturated carbocycles. The van der Waals surface area contributed by atoms with E-state index in [1.807, 2.05) is 44.2 Å². The van der Waals surface area contributed by atoms with E-state index < -0.39 is 0 Å². The summed E-state index contributed by atoms with van der Waals surface area (Å²) in [6.45, 7) is 13.2. The lowest BCUT2D eigenvalue weighted by atomic mass is 9.93. The van der Waals surface area contributed by atoms with Crippen molar-refractivity contribution in [3.63, 3.8) is 0 Å². The predicted molar refractivity (Wildman–Crippen MR) is 149 cm³/mol. The number of hydrogen-bond acceptors (Lipinski definition) is 4. The molecule has 1 aliphatic rings. The fraction of sp³-hybridized carbons (Fsp3) is 0.241. The second-order valence-corrected chi connectivity index (χ2v) is 8.51. The predicted octanol–water partition coefficient (Wildman–Crippen LogP) is 6.97. The molecular formula is C29H37NO3S. The molecule has 1 aliphatic heterocycles. The number of rotatable bonds is 8. The minimum atomic E-state index is 0. The molecule has 5 heteroatoms. The molecule has 0 aliphatic carbocycles. The van der Waals surface area contributed by atoms with Crippen LogP contribution in [0, 0.1) is 0 Å². The summed E-state index contributed by atoms with van der Waals surface area (Å²) in [7, 11) is 1.69. The highest BCUT2D eigenvalue weighted by molar-refractivity contribution is 7.14. The van der Waals surface area contributed by atoms with Gasteiger partial charge in [0.15, 0.2) is 11.5 Å². The van der Waals surface area contributed by atoms with Crippen molar-refractivity contribution in [2.24, 2.45) is 0 Å². The summed E-state index contributed by atoms with van der Waals surface area (Å²) < 4.78 is 11.8. The molecule has 34 heavy (non-hydrogen) atoms. The third kappa shape index (κ3) is 6.48. The Hall–Kier alpha value is -3.12. The van der Waals surface area contributed by atoms with Gasteiger partial charge in [0.25, 0.3) is 0 Å². The summed E-state index contributed by atoms with van der Waals surface area (Å²) in [6, 6.07) is 16.7. The van der Waals surface area contributed by atoms with Gasteiger partial charge in [-0.15, -0.1) is 11.3 Å². The van der Waals surface area contributed by atoms with Crippen LogP contribution >= 0.6 is 11.3 Å². The molecule has 0 saturated heterocycles. The normalized spacial score (nSPS) is 14.3. The molecule has 0 bridgehead atoms. The molecule has 1 unspecified atom stereocenters. The van der Waals surface area contributed by atoms with Crippen LogP contribution < -0.4 is 14.8 Å². The first-order valence-electron chi connectivity index (χ1n) is 11.4. The van der Waals surface area contributed by atoms with Crippen LogP contribution in [0.3, 0.4) is 0 Å². The second kappa shape index (κ2) is 13.6. The number of nitrogens with one attached hydrogen (secondary N) is 1. The Morgan fingerprint density at radius 3 is 2.50 bits per heavy atom. The van der Waals surface area contributed by atoms with E-state index in [1.165, 1.54) is 16.0 Å². The molecule has 4 rings (SSSR count). The summed E-state index contributed by atoms with van der Waals surface area (Å²) in [5, 5.41) is 3.60. The first-order valence-corrected chi connectivity index (χ1v) is 12.2. The zero-order valence-electron chi connectivity index (χ0n) is 20.3. The Labute approximate surface area is 209 Å². The highest BCUT2D eigenvalue weighted by atomic mass is 32.1. The SMILES string of the molecule is C=Cc1cc(/C=C/C2NCCc3cc(OCc4ccccc4)c(OC)cc32)sc1C=C.CC.O.[HH]. The third-order valence-electron chi connectivity index (χ3n) is 5.42. The van der Waals surface area contributed by atoms with Crippen molar-refractivity contribution < 1.29 is 16.4 Å². The van der Waals surface area contributed by atoms with E-state index in [9.17, 15) is 0 Å². The highest BCUT2D eigenvalue weighted by Crippen LogP contribution is 2.36. The van der Waals surface area contributed by atoms with Crippen molar-refractivity contribution >= 4 is 29.6 Å². The monoisotopic (exact) mass is 479 g/mol. The van der Waals surface area contributed by atoms with Gasteiger partial charge in [-0.2, -0.15) is 0 Å². The van der Waals surface area contributed by atoms with E-state index in [0.717, 1.165) is 40.5 Å². The molecule has 0 fully saturated rings. The van der Waals surface area contributed by atoms with Crippen molar-refractivity contribution in [3.8, 4) is 11.5 Å². The van der Waals surface area contributed by atoms with Crippen molar-refractivity contribution in [1.29, 1.82) is 0 Å². The molecule has 3 N–H and O–H groups in total. The lowest BCUT2D eigenvalue weighted by molar-refractivity contribution is 0.283. The minimum absolute atomic E-state index is 0. The maximum absolute atomic E-state index is 6.10. The van der Waals surface area contributed by atoms with Crippen LogP contribution in [0.4, 0.5) is 0 Å². The lowest BCUT2D eigenvalue weighted by Gasteiger charge is -2.26. The fourth-order valence-electron chi connectivity index (χ4n) is 3.81. The topological polar surface area (TPSA) is 62.0 Å². The molecule has 1 aromatic heterocycles. The molecule has 1 atom stereocenters. The zero-order valence-corrected chi connectivity index (χ0v) is 21.1. The second-order valence-electron chi connectivity index (χ2n) is 7.39. The number of fused-ring (bicyclic) bond motifs is 1. The smallest absolute Gasteiger partial charge is 0.161 e. The zero-order chi connectivity index (χ0) is 23.6. The lowest BCUT2D eigenvalue weighted by Crippen LogP contribution is -2.28. The van der Waals surface area contributed by atoms with Crippen LogP contribution in [0.1, 0.15) is 53.3 Å². The third-order valence-corrected chi connectivity index (χ3v) is 6.54. The van der Waals surface area contributed by atoms with Gasteiger partial charge in [-0.3, -0.25) is 0 Å². The quantitative estimate of drug-likeness (QED) is 0.379. The van der Waals surface area contributed by atoms with Crippen molar-refractivity contribution in [2.45, 2.75) is 32.9 Å². The molecule has 4 nitrogen and oxygen atoms in total. The van der Waals surface area contributed by atoms with E-state index in [0.29, 0.717) is 6.61 Å². The van der Waals surface area contributed by atoms with Crippen molar-refractivity contribution in [3.05, 3.63) is 99.8 Å². The molecule has 0 radical (unpaired) electrons. The fourth-order valence-corrected chi connectivity index (χ4v) is 4.74. The van der Waals surface area contributed by atoms with Crippen molar-refractivity contribution in [1.82, 2.24) is 5.32 Å². The minimum Gasteiger partial charge on any atom is -0.493 e. The number of hydrogen-bond donors (Lipinski definition) is 1. The molecule has 3 aromatic rings. The van der Waals surface area contributed by atoms with E-state index >= 15 is 0 Å². The summed E-state index contributed by atoms with van der Waals surface area (Å²) in [4.78, 5) is 2.34. The molecule has 0 spiro atoms.